The number of aryl methyl sites for hydroxylation is 2. The fourth-order valence-electron chi connectivity index (χ4n) is 2.98. The smallest absolute Gasteiger partial charge is 0.339 e. The number of carbonyl (C=O) groups excluding carboxylic acids is 1. The second-order valence-electron chi connectivity index (χ2n) is 5.96. The summed E-state index contributed by atoms with van der Waals surface area (Å²) in [6.07, 6.45) is 0. The van der Waals surface area contributed by atoms with Crippen LogP contribution in [0.3, 0.4) is 0 Å². The van der Waals surface area contributed by atoms with Crippen molar-refractivity contribution in [3.63, 3.8) is 0 Å². The zero-order valence-corrected chi connectivity index (χ0v) is 14.2. The van der Waals surface area contributed by atoms with E-state index in [9.17, 15) is 4.79 Å². The predicted molar refractivity (Wildman–Crippen MR) is 98.1 cm³/mol. The van der Waals surface area contributed by atoms with E-state index in [1.165, 1.54) is 7.11 Å². The summed E-state index contributed by atoms with van der Waals surface area (Å²) in [7, 11) is 1.43. The molecule has 2 heteroatoms. The van der Waals surface area contributed by atoms with Gasteiger partial charge in [0, 0.05) is 0 Å². The Hall–Kier alpha value is -2.87. The lowest BCUT2D eigenvalue weighted by molar-refractivity contribution is 0.0602. The van der Waals surface area contributed by atoms with Crippen molar-refractivity contribution in [2.24, 2.45) is 0 Å². The van der Waals surface area contributed by atoms with Gasteiger partial charge in [0.2, 0.25) is 0 Å². The molecule has 0 aliphatic rings. The van der Waals surface area contributed by atoms with E-state index in [1.54, 1.807) is 0 Å². The van der Waals surface area contributed by atoms with Gasteiger partial charge in [-0.25, -0.2) is 4.79 Å². The van der Waals surface area contributed by atoms with Crippen LogP contribution in [0.1, 0.15) is 21.5 Å². The molecule has 0 saturated carbocycles. The van der Waals surface area contributed by atoms with Gasteiger partial charge in [0.05, 0.1) is 12.7 Å². The van der Waals surface area contributed by atoms with E-state index < -0.39 is 0 Å². The van der Waals surface area contributed by atoms with Crippen molar-refractivity contribution in [1.29, 1.82) is 0 Å². The van der Waals surface area contributed by atoms with Gasteiger partial charge < -0.3 is 4.74 Å². The van der Waals surface area contributed by atoms with Gasteiger partial charge in [0.1, 0.15) is 0 Å². The van der Waals surface area contributed by atoms with Crippen LogP contribution in [0.4, 0.5) is 0 Å². The summed E-state index contributed by atoms with van der Waals surface area (Å²) in [6, 6.07) is 22.3. The monoisotopic (exact) mass is 316 g/mol. The Bertz CT molecular complexity index is 830. The van der Waals surface area contributed by atoms with Crippen LogP contribution in [0, 0.1) is 13.8 Å². The highest BCUT2D eigenvalue weighted by Crippen LogP contribution is 2.33. The average molecular weight is 316 g/mol. The van der Waals surface area contributed by atoms with E-state index in [2.05, 4.69) is 12.1 Å². The maximum absolute atomic E-state index is 12.5. The minimum absolute atomic E-state index is 0.316. The van der Waals surface area contributed by atoms with Crippen LogP contribution in [0.5, 0.6) is 0 Å². The number of rotatable bonds is 3. The van der Waals surface area contributed by atoms with Crippen molar-refractivity contribution in [3.05, 3.63) is 83.4 Å². The maximum Gasteiger partial charge on any atom is 0.339 e. The van der Waals surface area contributed by atoms with Crippen molar-refractivity contribution in [1.82, 2.24) is 0 Å². The van der Waals surface area contributed by atoms with Gasteiger partial charge in [0.15, 0.2) is 0 Å². The molecule has 24 heavy (non-hydrogen) atoms. The Morgan fingerprint density at radius 3 is 1.62 bits per heavy atom. The highest BCUT2D eigenvalue weighted by atomic mass is 16.5. The predicted octanol–water partition coefficient (Wildman–Crippen LogP) is 5.42. The number of carbonyl (C=O) groups is 1. The fraction of sp³-hybridized carbons (Fsp3) is 0.136. The molecule has 3 aromatic carbocycles. The Balaban J connectivity index is 2.28. The lowest BCUT2D eigenvalue weighted by Crippen LogP contribution is -2.06. The first kappa shape index (κ1) is 16.0. The quantitative estimate of drug-likeness (QED) is 0.603. The van der Waals surface area contributed by atoms with Crippen LogP contribution in [0.15, 0.2) is 66.7 Å². The largest absolute Gasteiger partial charge is 0.465 e. The molecule has 0 amide bonds. The lowest BCUT2D eigenvalue weighted by Gasteiger charge is -2.14. The van der Waals surface area contributed by atoms with E-state index in [1.807, 2.05) is 68.4 Å². The molecule has 0 spiro atoms. The molecule has 0 aromatic heterocycles. The fourth-order valence-corrected chi connectivity index (χ4v) is 2.98. The summed E-state index contributed by atoms with van der Waals surface area (Å²) < 4.78 is 5.08. The number of benzene rings is 3. The highest BCUT2D eigenvalue weighted by Gasteiger charge is 2.19. The summed E-state index contributed by atoms with van der Waals surface area (Å²) in [6.45, 7) is 4.09. The first-order valence-corrected chi connectivity index (χ1v) is 7.95. The third-order valence-corrected chi connectivity index (χ3v) is 4.11. The summed E-state index contributed by atoms with van der Waals surface area (Å²) in [5.41, 5.74) is 6.74. The van der Waals surface area contributed by atoms with Crippen molar-refractivity contribution in [2.45, 2.75) is 13.8 Å². The molecule has 0 saturated heterocycles. The molecule has 0 aliphatic heterocycles. The SMILES string of the molecule is COC(=O)c1c(-c2cccc(C)c2)cccc1-c1cccc(C)c1. The van der Waals surface area contributed by atoms with Crippen LogP contribution >= 0.6 is 0 Å². The number of methoxy groups -OCH3 is 1. The van der Waals surface area contributed by atoms with E-state index in [4.69, 9.17) is 4.74 Å². The van der Waals surface area contributed by atoms with Crippen molar-refractivity contribution < 1.29 is 9.53 Å². The Morgan fingerprint density at radius 2 is 1.21 bits per heavy atom. The molecule has 3 rings (SSSR count). The molecule has 0 bridgehead atoms. The van der Waals surface area contributed by atoms with Crippen LogP contribution < -0.4 is 0 Å². The van der Waals surface area contributed by atoms with Crippen LogP contribution in [-0.4, -0.2) is 13.1 Å². The van der Waals surface area contributed by atoms with Gasteiger partial charge in [-0.1, -0.05) is 77.9 Å². The molecule has 0 radical (unpaired) electrons. The Labute approximate surface area is 142 Å². The number of esters is 1. The molecule has 0 atom stereocenters. The summed E-state index contributed by atoms with van der Waals surface area (Å²) >= 11 is 0. The van der Waals surface area contributed by atoms with Gasteiger partial charge in [-0.15, -0.1) is 0 Å². The molecular weight excluding hydrogens is 296 g/mol. The second-order valence-corrected chi connectivity index (χ2v) is 5.96. The topological polar surface area (TPSA) is 26.3 Å². The molecule has 0 unspecified atom stereocenters. The van der Waals surface area contributed by atoms with Gasteiger partial charge in [-0.05, 0) is 36.1 Å². The molecule has 3 aromatic rings. The third-order valence-electron chi connectivity index (χ3n) is 4.11. The molecular formula is C22H20O2. The normalized spacial score (nSPS) is 10.5. The Kier molecular flexibility index (Phi) is 4.48. The van der Waals surface area contributed by atoms with Crippen LogP contribution in [0.2, 0.25) is 0 Å². The summed E-state index contributed by atoms with van der Waals surface area (Å²) in [5, 5.41) is 0. The van der Waals surface area contributed by atoms with Crippen molar-refractivity contribution >= 4 is 5.97 Å². The van der Waals surface area contributed by atoms with Gasteiger partial charge in [-0.3, -0.25) is 0 Å². The minimum atomic E-state index is -0.316. The first-order chi connectivity index (χ1) is 11.6. The average Bonchev–Trinajstić information content (AvgIpc) is 2.60. The van der Waals surface area contributed by atoms with Gasteiger partial charge in [0.25, 0.3) is 0 Å². The minimum Gasteiger partial charge on any atom is -0.465 e. The maximum atomic E-state index is 12.5. The Morgan fingerprint density at radius 1 is 0.750 bits per heavy atom. The first-order valence-electron chi connectivity index (χ1n) is 7.95. The van der Waals surface area contributed by atoms with E-state index in [0.717, 1.165) is 33.4 Å². The van der Waals surface area contributed by atoms with Crippen molar-refractivity contribution in [2.75, 3.05) is 7.11 Å². The van der Waals surface area contributed by atoms with Gasteiger partial charge in [-0.2, -0.15) is 0 Å². The molecule has 2 nitrogen and oxygen atoms in total. The van der Waals surface area contributed by atoms with Crippen LogP contribution in [0.25, 0.3) is 22.3 Å². The summed E-state index contributed by atoms with van der Waals surface area (Å²) in [5.74, 6) is -0.316. The van der Waals surface area contributed by atoms with E-state index in [0.29, 0.717) is 5.56 Å². The van der Waals surface area contributed by atoms with Gasteiger partial charge >= 0.3 is 5.97 Å². The molecule has 0 N–H and O–H groups in total. The van der Waals surface area contributed by atoms with Crippen molar-refractivity contribution in [3.8, 4) is 22.3 Å². The number of ether oxygens (including phenoxy) is 1. The molecule has 0 heterocycles. The lowest BCUT2D eigenvalue weighted by atomic mass is 9.91. The summed E-state index contributed by atoms with van der Waals surface area (Å²) in [4.78, 5) is 12.5. The molecule has 120 valence electrons. The molecule has 0 fully saturated rings. The zero-order chi connectivity index (χ0) is 17.1. The van der Waals surface area contributed by atoms with E-state index >= 15 is 0 Å². The second kappa shape index (κ2) is 6.71. The zero-order valence-electron chi connectivity index (χ0n) is 14.2. The van der Waals surface area contributed by atoms with E-state index in [-0.39, 0.29) is 5.97 Å². The van der Waals surface area contributed by atoms with Crippen LogP contribution in [-0.2, 0) is 4.74 Å². The molecule has 0 aliphatic carbocycles. The number of hydrogen-bond donors (Lipinski definition) is 0. The highest BCUT2D eigenvalue weighted by molar-refractivity contribution is 6.04. The standard InChI is InChI=1S/C22H20O2/c1-15-7-4-9-17(13-15)19-11-6-12-20(21(19)22(23)24-3)18-10-5-8-16(2)14-18/h4-14H,1-3H3. The number of hydrogen-bond acceptors (Lipinski definition) is 2. The third kappa shape index (κ3) is 3.09.